The van der Waals surface area contributed by atoms with Crippen LogP contribution >= 0.6 is 0 Å². The number of carbonyl (C=O) groups is 1. The number of fused-ring (bicyclic) bond motifs is 1. The molecule has 1 heterocycles. The molecular formula is C18H17F2N3O2. The number of ether oxygens (including phenoxy) is 1. The minimum atomic E-state index is -2.92. The minimum Gasteiger partial charge on any atom is -0.435 e. The number of nitrogens with one attached hydrogen (secondary N) is 1. The molecule has 0 radical (unpaired) electrons. The monoisotopic (exact) mass is 345 g/mol. The molecule has 1 N–H and O–H groups in total. The second-order valence-corrected chi connectivity index (χ2v) is 5.46. The number of nitrogens with zero attached hydrogens (tertiary/aromatic N) is 2. The Hall–Kier alpha value is -2.96. The van der Waals surface area contributed by atoms with Crippen LogP contribution in [0.5, 0.6) is 5.75 Å². The predicted molar refractivity (Wildman–Crippen MR) is 89.9 cm³/mol. The summed E-state index contributed by atoms with van der Waals surface area (Å²) in [5, 5.41) is 2.78. The summed E-state index contributed by atoms with van der Waals surface area (Å²) in [6, 6.07) is 13.5. The molecule has 3 rings (SSSR count). The average Bonchev–Trinajstić information content (AvgIpc) is 2.90. The summed E-state index contributed by atoms with van der Waals surface area (Å²) in [6.45, 7) is -0.0612. The lowest BCUT2D eigenvalue weighted by Crippen LogP contribution is -2.27. The van der Waals surface area contributed by atoms with Gasteiger partial charge in [-0.1, -0.05) is 18.2 Å². The van der Waals surface area contributed by atoms with E-state index in [2.05, 4.69) is 15.0 Å². The first kappa shape index (κ1) is 16.9. The topological polar surface area (TPSA) is 56.2 Å². The number of para-hydroxylation sites is 2. The Kier molecular flexibility index (Phi) is 4.92. The number of rotatable bonds is 6. The third kappa shape index (κ3) is 3.93. The number of amides is 1. The van der Waals surface area contributed by atoms with Crippen molar-refractivity contribution in [1.29, 1.82) is 0 Å². The average molecular weight is 345 g/mol. The molecule has 0 fully saturated rings. The van der Waals surface area contributed by atoms with Gasteiger partial charge in [0.1, 0.15) is 11.6 Å². The molecule has 0 saturated carbocycles. The summed E-state index contributed by atoms with van der Waals surface area (Å²) in [4.78, 5) is 16.7. The highest BCUT2D eigenvalue weighted by Gasteiger charge is 2.10. The molecule has 0 bridgehead atoms. The molecule has 0 aliphatic carbocycles. The minimum absolute atomic E-state index is 0.0425. The maximum atomic E-state index is 12.2. The van der Waals surface area contributed by atoms with Crippen molar-refractivity contribution in [3.8, 4) is 5.75 Å². The van der Waals surface area contributed by atoms with Crippen LogP contribution in [0, 0.1) is 6.92 Å². The predicted octanol–water partition coefficient (Wildman–Crippen LogP) is 3.38. The zero-order chi connectivity index (χ0) is 17.8. The van der Waals surface area contributed by atoms with Gasteiger partial charge in [-0.05, 0) is 37.3 Å². The van der Waals surface area contributed by atoms with Crippen LogP contribution < -0.4 is 10.1 Å². The first-order valence-corrected chi connectivity index (χ1v) is 7.79. The first-order chi connectivity index (χ1) is 12.0. The molecule has 2 aromatic carbocycles. The highest BCUT2D eigenvalue weighted by molar-refractivity contribution is 5.94. The van der Waals surface area contributed by atoms with E-state index >= 15 is 0 Å². The van der Waals surface area contributed by atoms with Crippen LogP contribution in [0.4, 0.5) is 8.78 Å². The van der Waals surface area contributed by atoms with Gasteiger partial charge in [0.05, 0.1) is 11.0 Å². The molecule has 0 saturated heterocycles. The van der Waals surface area contributed by atoms with E-state index < -0.39 is 6.61 Å². The van der Waals surface area contributed by atoms with E-state index in [1.165, 1.54) is 18.2 Å². The normalized spacial score (nSPS) is 11.0. The molecule has 1 amide bonds. The molecule has 1 aromatic heterocycles. The lowest BCUT2D eigenvalue weighted by molar-refractivity contribution is -0.0498. The Balaban J connectivity index is 1.63. The largest absolute Gasteiger partial charge is 0.435 e. The van der Waals surface area contributed by atoms with Crippen LogP contribution in [0.3, 0.4) is 0 Å². The Bertz CT molecular complexity index is 893. The number of imidazole rings is 1. The van der Waals surface area contributed by atoms with E-state index in [4.69, 9.17) is 0 Å². The van der Waals surface area contributed by atoms with Gasteiger partial charge >= 0.3 is 6.61 Å². The van der Waals surface area contributed by atoms with Crippen LogP contribution in [0.15, 0.2) is 48.5 Å². The van der Waals surface area contributed by atoms with Crippen LogP contribution in [-0.2, 0) is 6.54 Å². The van der Waals surface area contributed by atoms with E-state index in [0.717, 1.165) is 16.9 Å². The molecular weight excluding hydrogens is 328 g/mol. The Labute approximate surface area is 143 Å². The van der Waals surface area contributed by atoms with Gasteiger partial charge in [-0.15, -0.1) is 0 Å². The van der Waals surface area contributed by atoms with Gasteiger partial charge in [0.2, 0.25) is 0 Å². The number of halogens is 2. The highest BCUT2D eigenvalue weighted by Crippen LogP contribution is 2.16. The molecule has 0 aliphatic rings. The number of hydrogen-bond acceptors (Lipinski definition) is 3. The summed E-state index contributed by atoms with van der Waals surface area (Å²) >= 11 is 0. The van der Waals surface area contributed by atoms with Crippen molar-refractivity contribution in [3.05, 3.63) is 59.9 Å². The van der Waals surface area contributed by atoms with Crippen molar-refractivity contribution in [2.45, 2.75) is 20.1 Å². The second-order valence-electron chi connectivity index (χ2n) is 5.46. The molecule has 0 aliphatic heterocycles. The molecule has 0 unspecified atom stereocenters. The molecule has 130 valence electrons. The summed E-state index contributed by atoms with van der Waals surface area (Å²) < 4.78 is 30.8. The van der Waals surface area contributed by atoms with Gasteiger partial charge in [-0.2, -0.15) is 8.78 Å². The lowest BCUT2D eigenvalue weighted by atomic mass is 10.2. The number of alkyl halides is 2. The number of aromatic nitrogens is 2. The zero-order valence-corrected chi connectivity index (χ0v) is 13.6. The fraction of sp³-hybridized carbons (Fsp3) is 0.222. The summed E-state index contributed by atoms with van der Waals surface area (Å²) in [6.07, 6.45) is 0. The van der Waals surface area contributed by atoms with Crippen molar-refractivity contribution >= 4 is 16.9 Å². The van der Waals surface area contributed by atoms with Crippen molar-refractivity contribution in [3.63, 3.8) is 0 Å². The number of benzene rings is 2. The van der Waals surface area contributed by atoms with Crippen LogP contribution in [-0.4, -0.2) is 28.6 Å². The van der Waals surface area contributed by atoms with E-state index in [1.54, 1.807) is 6.07 Å². The number of aryl methyl sites for hydroxylation is 1. The summed E-state index contributed by atoms with van der Waals surface area (Å²) in [5.41, 5.74) is 2.18. The number of hydrogen-bond donors (Lipinski definition) is 1. The molecule has 7 heteroatoms. The summed E-state index contributed by atoms with van der Waals surface area (Å²) in [5.74, 6) is 0.476. The van der Waals surface area contributed by atoms with E-state index in [1.807, 2.05) is 35.8 Å². The van der Waals surface area contributed by atoms with Gasteiger partial charge in [0.25, 0.3) is 5.91 Å². The molecule has 0 spiro atoms. The van der Waals surface area contributed by atoms with E-state index in [-0.39, 0.29) is 17.2 Å². The van der Waals surface area contributed by atoms with Crippen molar-refractivity contribution in [2.75, 3.05) is 6.54 Å². The summed E-state index contributed by atoms with van der Waals surface area (Å²) in [7, 11) is 0. The van der Waals surface area contributed by atoms with E-state index in [9.17, 15) is 13.6 Å². The van der Waals surface area contributed by atoms with Crippen LogP contribution in [0.1, 0.15) is 16.2 Å². The Morgan fingerprint density at radius 2 is 2.04 bits per heavy atom. The SMILES string of the molecule is Cc1nc2ccccc2n1CCNC(=O)c1cccc(OC(F)F)c1. The molecule has 25 heavy (non-hydrogen) atoms. The van der Waals surface area contributed by atoms with Gasteiger partial charge < -0.3 is 14.6 Å². The van der Waals surface area contributed by atoms with Crippen molar-refractivity contribution in [1.82, 2.24) is 14.9 Å². The lowest BCUT2D eigenvalue weighted by Gasteiger charge is -2.10. The van der Waals surface area contributed by atoms with Crippen molar-refractivity contribution < 1.29 is 18.3 Å². The number of carbonyl (C=O) groups excluding carboxylic acids is 1. The first-order valence-electron chi connectivity index (χ1n) is 7.79. The smallest absolute Gasteiger partial charge is 0.387 e. The highest BCUT2D eigenvalue weighted by atomic mass is 19.3. The van der Waals surface area contributed by atoms with Crippen LogP contribution in [0.25, 0.3) is 11.0 Å². The maximum absolute atomic E-state index is 12.2. The van der Waals surface area contributed by atoms with Gasteiger partial charge in [0, 0.05) is 18.7 Å². The second kappa shape index (κ2) is 7.29. The third-order valence-electron chi connectivity index (χ3n) is 3.79. The zero-order valence-electron chi connectivity index (χ0n) is 13.6. The van der Waals surface area contributed by atoms with Gasteiger partial charge in [-0.3, -0.25) is 4.79 Å². The quantitative estimate of drug-likeness (QED) is 0.745. The van der Waals surface area contributed by atoms with Gasteiger partial charge in [-0.25, -0.2) is 4.98 Å². The Morgan fingerprint density at radius 3 is 2.84 bits per heavy atom. The molecule has 0 atom stereocenters. The Morgan fingerprint density at radius 1 is 1.24 bits per heavy atom. The van der Waals surface area contributed by atoms with E-state index in [0.29, 0.717) is 13.1 Å². The fourth-order valence-corrected chi connectivity index (χ4v) is 2.68. The van der Waals surface area contributed by atoms with Crippen molar-refractivity contribution in [2.24, 2.45) is 0 Å². The molecule has 3 aromatic rings. The third-order valence-corrected chi connectivity index (χ3v) is 3.79. The standard InChI is InChI=1S/C18H17F2N3O2/c1-12-22-15-7-2-3-8-16(15)23(12)10-9-21-17(24)13-5-4-6-14(11-13)25-18(19)20/h2-8,11,18H,9-10H2,1H3,(H,21,24). The maximum Gasteiger partial charge on any atom is 0.387 e. The van der Waals surface area contributed by atoms with Crippen LogP contribution in [0.2, 0.25) is 0 Å². The van der Waals surface area contributed by atoms with Gasteiger partial charge in [0.15, 0.2) is 0 Å². The fourth-order valence-electron chi connectivity index (χ4n) is 2.68. The molecule has 5 nitrogen and oxygen atoms in total.